The van der Waals surface area contributed by atoms with Gasteiger partial charge in [0.05, 0.1) is 18.1 Å². The fraction of sp³-hybridized carbons (Fsp3) is 0.500. The van der Waals surface area contributed by atoms with E-state index in [1.54, 1.807) is 6.07 Å². The van der Waals surface area contributed by atoms with Crippen molar-refractivity contribution in [2.75, 3.05) is 19.1 Å². The van der Waals surface area contributed by atoms with Crippen LogP contribution in [-0.2, 0) is 0 Å². The Labute approximate surface area is 121 Å². The Balaban J connectivity index is 2.16. The molecule has 0 saturated heterocycles. The number of halogens is 1. The molecule has 2 aromatic rings. The molecule has 0 bridgehead atoms. The molecule has 2 atom stereocenters. The minimum atomic E-state index is -0.405. The molecule has 0 radical (unpaired) electrons. The summed E-state index contributed by atoms with van der Waals surface area (Å²) in [4.78, 5) is 4.30. The number of nitrogens with two attached hydrogens (primary N) is 1. The Hall–Kier alpha value is -1.43. The summed E-state index contributed by atoms with van der Waals surface area (Å²) >= 11 is 1.86. The zero-order valence-electron chi connectivity index (χ0n) is 11.6. The highest BCUT2D eigenvalue weighted by molar-refractivity contribution is 7.99. The number of aromatic nitrogens is 2. The van der Waals surface area contributed by atoms with E-state index in [-0.39, 0.29) is 5.75 Å². The van der Waals surface area contributed by atoms with Crippen LogP contribution in [0.3, 0.4) is 0 Å². The fourth-order valence-electron chi connectivity index (χ4n) is 3.10. The van der Waals surface area contributed by atoms with Crippen LogP contribution in [0.25, 0.3) is 11.0 Å². The lowest BCUT2D eigenvalue weighted by Crippen LogP contribution is -2.17. The summed E-state index contributed by atoms with van der Waals surface area (Å²) in [6.07, 6.45) is 5.58. The molecule has 0 spiro atoms. The van der Waals surface area contributed by atoms with Crippen LogP contribution in [0.1, 0.15) is 25.3 Å². The van der Waals surface area contributed by atoms with E-state index < -0.39 is 5.82 Å². The lowest BCUT2D eigenvalue weighted by molar-refractivity contribution is 0.387. The van der Waals surface area contributed by atoms with Crippen LogP contribution < -0.4 is 10.5 Å². The van der Waals surface area contributed by atoms with Crippen molar-refractivity contribution >= 4 is 28.7 Å². The molecule has 1 heterocycles. The number of methoxy groups -OCH3 is 1. The number of hydrogen-bond acceptors (Lipinski definition) is 4. The Bertz CT molecular complexity index is 643. The van der Waals surface area contributed by atoms with E-state index in [2.05, 4.69) is 11.2 Å². The van der Waals surface area contributed by atoms with E-state index in [0.29, 0.717) is 22.8 Å². The van der Waals surface area contributed by atoms with Gasteiger partial charge in [-0.3, -0.25) is 0 Å². The largest absolute Gasteiger partial charge is 0.494 e. The molecule has 1 aliphatic rings. The number of rotatable bonds is 3. The van der Waals surface area contributed by atoms with Gasteiger partial charge in [-0.1, -0.05) is 6.42 Å². The van der Waals surface area contributed by atoms with Crippen molar-refractivity contribution in [1.82, 2.24) is 9.55 Å². The van der Waals surface area contributed by atoms with Gasteiger partial charge in [-0.25, -0.2) is 9.37 Å². The molecule has 6 heteroatoms. The number of fused-ring (bicyclic) bond motifs is 1. The van der Waals surface area contributed by atoms with Gasteiger partial charge >= 0.3 is 0 Å². The average Bonchev–Trinajstić information content (AvgIpc) is 3.00. The molecule has 1 aromatic heterocycles. The summed E-state index contributed by atoms with van der Waals surface area (Å²) in [6.45, 7) is 0. The Morgan fingerprint density at radius 1 is 1.45 bits per heavy atom. The van der Waals surface area contributed by atoms with Crippen LogP contribution in [0.4, 0.5) is 10.3 Å². The highest BCUT2D eigenvalue weighted by atomic mass is 32.2. The molecule has 0 amide bonds. The predicted octanol–water partition coefficient (Wildman–Crippen LogP) is 3.22. The molecule has 1 saturated carbocycles. The van der Waals surface area contributed by atoms with Crippen LogP contribution in [0, 0.1) is 5.82 Å². The number of hydrogen-bond donors (Lipinski definition) is 1. The Kier molecular flexibility index (Phi) is 3.50. The normalized spacial score (nSPS) is 22.6. The van der Waals surface area contributed by atoms with Crippen LogP contribution >= 0.6 is 11.8 Å². The smallest absolute Gasteiger partial charge is 0.201 e. The molecular weight excluding hydrogens is 277 g/mol. The van der Waals surface area contributed by atoms with E-state index in [1.165, 1.54) is 26.0 Å². The molecule has 3 rings (SSSR count). The van der Waals surface area contributed by atoms with E-state index >= 15 is 0 Å². The maximum atomic E-state index is 13.8. The van der Waals surface area contributed by atoms with Crippen molar-refractivity contribution < 1.29 is 9.13 Å². The lowest BCUT2D eigenvalue weighted by atomic mass is 10.2. The third kappa shape index (κ3) is 2.02. The summed E-state index contributed by atoms with van der Waals surface area (Å²) in [5.41, 5.74) is 7.51. The maximum absolute atomic E-state index is 13.8. The molecule has 1 aliphatic carbocycles. The van der Waals surface area contributed by atoms with E-state index in [9.17, 15) is 4.39 Å². The summed E-state index contributed by atoms with van der Waals surface area (Å²) in [5, 5.41) is 0.533. The highest BCUT2D eigenvalue weighted by Gasteiger charge is 2.30. The molecular formula is C14H18FN3OS. The van der Waals surface area contributed by atoms with Gasteiger partial charge in [-0.05, 0) is 19.1 Å². The van der Waals surface area contributed by atoms with Gasteiger partial charge in [0.15, 0.2) is 11.6 Å². The van der Waals surface area contributed by atoms with Gasteiger partial charge in [-0.15, -0.1) is 0 Å². The van der Waals surface area contributed by atoms with Crippen LogP contribution in [0.5, 0.6) is 5.75 Å². The summed E-state index contributed by atoms with van der Waals surface area (Å²) in [5.74, 6) is 0.286. The van der Waals surface area contributed by atoms with Crippen molar-refractivity contribution in [2.45, 2.75) is 30.6 Å². The molecule has 20 heavy (non-hydrogen) atoms. The predicted molar refractivity (Wildman–Crippen MR) is 80.8 cm³/mol. The Morgan fingerprint density at radius 3 is 2.95 bits per heavy atom. The number of nitrogens with zero attached hydrogens (tertiary/aromatic N) is 2. The van der Waals surface area contributed by atoms with Gasteiger partial charge in [0.1, 0.15) is 0 Å². The van der Waals surface area contributed by atoms with Crippen molar-refractivity contribution in [3.8, 4) is 5.75 Å². The second-order valence-electron chi connectivity index (χ2n) is 5.09. The highest BCUT2D eigenvalue weighted by Crippen LogP contribution is 2.41. The van der Waals surface area contributed by atoms with Crippen LogP contribution in [0.2, 0.25) is 0 Å². The quantitative estimate of drug-likeness (QED) is 0.944. The number of imidazole rings is 1. The molecule has 1 fully saturated rings. The van der Waals surface area contributed by atoms with Crippen molar-refractivity contribution in [3.05, 3.63) is 17.9 Å². The average molecular weight is 295 g/mol. The first-order valence-corrected chi connectivity index (χ1v) is 7.98. The first-order chi connectivity index (χ1) is 9.65. The second kappa shape index (κ2) is 5.16. The number of thioether (sulfide) groups is 1. The first-order valence-electron chi connectivity index (χ1n) is 6.69. The van der Waals surface area contributed by atoms with Gasteiger partial charge in [0, 0.05) is 23.4 Å². The zero-order chi connectivity index (χ0) is 14.3. The van der Waals surface area contributed by atoms with Crippen LogP contribution in [-0.4, -0.2) is 28.2 Å². The third-order valence-electron chi connectivity index (χ3n) is 4.04. The van der Waals surface area contributed by atoms with E-state index in [1.807, 2.05) is 16.3 Å². The van der Waals surface area contributed by atoms with E-state index in [0.717, 1.165) is 11.9 Å². The van der Waals surface area contributed by atoms with E-state index in [4.69, 9.17) is 10.5 Å². The number of nitrogen functional groups attached to an aromatic ring is 1. The van der Waals surface area contributed by atoms with Gasteiger partial charge in [-0.2, -0.15) is 11.8 Å². The van der Waals surface area contributed by atoms with Gasteiger partial charge in [0.2, 0.25) is 5.95 Å². The van der Waals surface area contributed by atoms with Crippen molar-refractivity contribution in [1.29, 1.82) is 0 Å². The summed E-state index contributed by atoms with van der Waals surface area (Å²) < 4.78 is 20.9. The standard InChI is InChI=1S/C14H18FN3OS/c1-19-12-7-11-9(6-8(12)15)17-14(16)18(11)10-4-3-5-13(10)20-2/h6-7,10,13H,3-5H2,1-2H3,(H2,16,17). The number of benzene rings is 1. The minimum absolute atomic E-state index is 0.234. The fourth-order valence-corrected chi connectivity index (χ4v) is 4.07. The molecule has 108 valence electrons. The lowest BCUT2D eigenvalue weighted by Gasteiger charge is -2.21. The third-order valence-corrected chi connectivity index (χ3v) is 5.20. The van der Waals surface area contributed by atoms with Gasteiger partial charge in [0.25, 0.3) is 0 Å². The zero-order valence-corrected chi connectivity index (χ0v) is 12.4. The molecule has 1 aromatic carbocycles. The monoisotopic (exact) mass is 295 g/mol. The Morgan fingerprint density at radius 2 is 2.25 bits per heavy atom. The summed E-state index contributed by atoms with van der Waals surface area (Å²) in [6, 6.07) is 3.42. The topological polar surface area (TPSA) is 53.1 Å². The number of ether oxygens (including phenoxy) is 1. The first kappa shape index (κ1) is 13.5. The summed E-state index contributed by atoms with van der Waals surface area (Å²) in [7, 11) is 1.47. The van der Waals surface area contributed by atoms with Gasteiger partial charge < -0.3 is 15.0 Å². The molecule has 4 nitrogen and oxygen atoms in total. The second-order valence-corrected chi connectivity index (χ2v) is 6.16. The van der Waals surface area contributed by atoms with Crippen molar-refractivity contribution in [3.63, 3.8) is 0 Å². The van der Waals surface area contributed by atoms with Crippen molar-refractivity contribution in [2.24, 2.45) is 0 Å². The maximum Gasteiger partial charge on any atom is 0.201 e. The molecule has 2 unspecified atom stereocenters. The molecule has 2 N–H and O–H groups in total. The van der Waals surface area contributed by atoms with Crippen LogP contribution in [0.15, 0.2) is 12.1 Å². The molecule has 0 aliphatic heterocycles. The number of anilines is 1. The SMILES string of the molecule is COc1cc2c(cc1F)nc(N)n2C1CCCC1SC. The minimum Gasteiger partial charge on any atom is -0.494 e.